The highest BCUT2D eigenvalue weighted by molar-refractivity contribution is 7.94. The Morgan fingerprint density at radius 3 is 1.17 bits per heavy atom. The molecule has 0 radical (unpaired) electrons. The van der Waals surface area contributed by atoms with Gasteiger partial charge < -0.3 is 10.2 Å². The number of fused-ring (bicyclic) bond motifs is 3. The Balaban J connectivity index is 0.000000292. The van der Waals surface area contributed by atoms with Crippen LogP contribution in [0.15, 0.2) is 97.1 Å². The zero-order valence-electron chi connectivity index (χ0n) is 18.4. The molecule has 0 amide bonds. The van der Waals surface area contributed by atoms with Crippen LogP contribution in [0.2, 0.25) is 0 Å². The van der Waals surface area contributed by atoms with Crippen molar-refractivity contribution in [2.24, 2.45) is 0 Å². The summed E-state index contributed by atoms with van der Waals surface area (Å²) in [5.74, 6) is 0.498. The highest BCUT2D eigenvalue weighted by Crippen LogP contribution is 2.56. The van der Waals surface area contributed by atoms with Gasteiger partial charge in [-0.3, -0.25) is 9.11 Å². The second-order valence-electron chi connectivity index (χ2n) is 7.86. The molecular weight excluding hydrogens is 508 g/mol. The molecule has 4 N–H and O–H groups in total. The smallest absolute Gasteiger partial charge is 0.413 e. The van der Waals surface area contributed by atoms with Crippen molar-refractivity contribution in [3.05, 3.63) is 119 Å². The highest BCUT2D eigenvalue weighted by atomic mass is 32.3. The molecule has 0 atom stereocenters. The lowest BCUT2D eigenvalue weighted by molar-refractivity contribution is 0.344. The van der Waals surface area contributed by atoms with Crippen LogP contribution in [0.25, 0.3) is 11.1 Å². The van der Waals surface area contributed by atoms with Crippen LogP contribution in [0.3, 0.4) is 0 Å². The van der Waals surface area contributed by atoms with Gasteiger partial charge in [-0.05, 0) is 57.6 Å². The Morgan fingerprint density at radius 2 is 0.861 bits per heavy atom. The monoisotopic (exact) mass is 528 g/mol. The van der Waals surface area contributed by atoms with Crippen molar-refractivity contribution in [1.29, 1.82) is 0 Å². The van der Waals surface area contributed by atoms with E-state index in [0.717, 1.165) is 11.1 Å². The van der Waals surface area contributed by atoms with Crippen LogP contribution < -0.4 is 0 Å². The van der Waals surface area contributed by atoms with Crippen molar-refractivity contribution in [2.75, 3.05) is 0 Å². The van der Waals surface area contributed by atoms with E-state index in [-0.39, 0.29) is 11.5 Å². The minimum absolute atomic E-state index is 0.249. The molecule has 0 saturated carbocycles. The maximum atomic E-state index is 9.85. The van der Waals surface area contributed by atoms with E-state index in [9.17, 15) is 27.0 Å². The second-order valence-corrected chi connectivity index (χ2v) is 10.1. The largest absolute Gasteiger partial charge is 0.508 e. The molecule has 0 fully saturated rings. The molecule has 11 heteroatoms. The molecule has 4 aromatic carbocycles. The van der Waals surface area contributed by atoms with Crippen molar-refractivity contribution < 1.29 is 39.8 Å². The van der Waals surface area contributed by atoms with Crippen LogP contribution in [0, 0.1) is 0 Å². The summed E-state index contributed by atoms with van der Waals surface area (Å²) in [6.45, 7) is 0. The molecule has 1 aliphatic carbocycles. The Labute approximate surface area is 207 Å². The molecule has 0 aromatic heterocycles. The van der Waals surface area contributed by atoms with Gasteiger partial charge in [0.2, 0.25) is 0 Å². The van der Waals surface area contributed by atoms with Gasteiger partial charge in [0.1, 0.15) is 11.5 Å². The SMILES string of the molecule is O=S(=O)(O)OS(=O)(=O)O.Oc1ccc(C2(c3ccc(O)cc3)c3ccccc3-c3ccccc32)cc1. The van der Waals surface area contributed by atoms with Crippen LogP contribution in [-0.4, -0.2) is 36.2 Å². The fourth-order valence-electron chi connectivity index (χ4n) is 4.56. The lowest BCUT2D eigenvalue weighted by Crippen LogP contribution is -2.28. The number of phenolic OH excluding ortho intramolecular Hbond substituents is 2. The Bertz CT molecular complexity index is 1490. The highest BCUT2D eigenvalue weighted by Gasteiger charge is 2.45. The number of rotatable bonds is 4. The summed E-state index contributed by atoms with van der Waals surface area (Å²) in [5, 5.41) is 19.7. The summed E-state index contributed by atoms with van der Waals surface area (Å²) in [4.78, 5) is 0. The summed E-state index contributed by atoms with van der Waals surface area (Å²) in [6.07, 6.45) is 0. The molecule has 0 unspecified atom stereocenters. The van der Waals surface area contributed by atoms with Gasteiger partial charge in [-0.15, -0.1) is 3.63 Å². The number of aromatic hydroxyl groups is 2. The van der Waals surface area contributed by atoms with Crippen LogP contribution >= 0.6 is 0 Å². The lowest BCUT2D eigenvalue weighted by atomic mass is 9.68. The van der Waals surface area contributed by atoms with Gasteiger partial charge in [-0.2, -0.15) is 16.8 Å². The molecule has 0 spiro atoms. The van der Waals surface area contributed by atoms with Gasteiger partial charge in [-0.25, -0.2) is 0 Å². The molecule has 0 aliphatic heterocycles. The van der Waals surface area contributed by atoms with E-state index in [1.807, 2.05) is 24.3 Å². The Hall–Kier alpha value is -3.74. The molecule has 0 saturated heterocycles. The molecule has 5 rings (SSSR count). The van der Waals surface area contributed by atoms with E-state index in [1.165, 1.54) is 22.3 Å². The second kappa shape index (κ2) is 9.37. The average molecular weight is 529 g/mol. The van der Waals surface area contributed by atoms with Crippen molar-refractivity contribution in [2.45, 2.75) is 5.41 Å². The Morgan fingerprint density at radius 1 is 0.528 bits per heavy atom. The third kappa shape index (κ3) is 4.96. The first-order valence-electron chi connectivity index (χ1n) is 10.4. The fourth-order valence-corrected chi connectivity index (χ4v) is 5.42. The molecule has 9 nitrogen and oxygen atoms in total. The van der Waals surface area contributed by atoms with E-state index in [4.69, 9.17) is 9.11 Å². The van der Waals surface area contributed by atoms with Crippen molar-refractivity contribution in [3.63, 3.8) is 0 Å². The number of phenols is 2. The van der Waals surface area contributed by atoms with Crippen molar-refractivity contribution >= 4 is 20.8 Å². The first-order chi connectivity index (χ1) is 16.9. The first kappa shape index (κ1) is 25.4. The summed E-state index contributed by atoms with van der Waals surface area (Å²) >= 11 is 0. The van der Waals surface area contributed by atoms with E-state index >= 15 is 0 Å². The zero-order valence-corrected chi connectivity index (χ0v) is 20.0. The minimum atomic E-state index is -5.12. The summed E-state index contributed by atoms with van der Waals surface area (Å²) in [7, 11) is -10.2. The lowest BCUT2D eigenvalue weighted by Gasteiger charge is -2.33. The molecule has 4 aromatic rings. The van der Waals surface area contributed by atoms with E-state index in [2.05, 4.69) is 52.2 Å². The van der Waals surface area contributed by atoms with Gasteiger partial charge in [0.25, 0.3) is 0 Å². The topological polar surface area (TPSA) is 158 Å². The van der Waals surface area contributed by atoms with E-state index < -0.39 is 26.2 Å². The number of hydrogen-bond donors (Lipinski definition) is 4. The molecular formula is C25H20O9S2. The van der Waals surface area contributed by atoms with Crippen LogP contribution in [-0.2, 0) is 29.8 Å². The standard InChI is InChI=1S/C25H18O2.H2O7S2/c26-19-13-9-17(10-14-19)25(18-11-15-20(27)16-12-18)23-7-3-1-5-21(23)22-6-2-4-8-24(22)25;1-8(2,3)7-9(4,5)6/h1-16,26-27H;(H,1,2,3)(H,4,5,6). The quantitative estimate of drug-likeness (QED) is 0.252. The summed E-state index contributed by atoms with van der Waals surface area (Å²) in [5.41, 5.74) is 6.54. The van der Waals surface area contributed by atoms with Gasteiger partial charge in [0.15, 0.2) is 0 Å². The number of hydrogen-bond acceptors (Lipinski definition) is 7. The maximum absolute atomic E-state index is 9.85. The maximum Gasteiger partial charge on any atom is 0.413 e. The minimum Gasteiger partial charge on any atom is -0.508 e. The zero-order chi connectivity index (χ0) is 26.1. The average Bonchev–Trinajstić information content (AvgIpc) is 3.10. The summed E-state index contributed by atoms with van der Waals surface area (Å²) < 4.78 is 55.6. The number of benzene rings is 4. The predicted octanol–water partition coefficient (Wildman–Crippen LogP) is 4.07. The molecule has 0 heterocycles. The molecule has 0 bridgehead atoms. The van der Waals surface area contributed by atoms with Crippen LogP contribution in [0.4, 0.5) is 0 Å². The normalized spacial score (nSPS) is 13.7. The van der Waals surface area contributed by atoms with Gasteiger partial charge in [0.05, 0.1) is 5.41 Å². The third-order valence-electron chi connectivity index (χ3n) is 5.72. The van der Waals surface area contributed by atoms with Gasteiger partial charge in [-0.1, -0.05) is 72.8 Å². The van der Waals surface area contributed by atoms with Gasteiger partial charge in [0, 0.05) is 0 Å². The third-order valence-corrected chi connectivity index (χ3v) is 7.10. The molecule has 36 heavy (non-hydrogen) atoms. The summed E-state index contributed by atoms with van der Waals surface area (Å²) in [6, 6.07) is 31.9. The van der Waals surface area contributed by atoms with E-state index in [1.54, 1.807) is 24.3 Å². The molecule has 1 aliphatic rings. The van der Waals surface area contributed by atoms with Crippen molar-refractivity contribution in [3.8, 4) is 22.6 Å². The first-order valence-corrected chi connectivity index (χ1v) is 13.1. The van der Waals surface area contributed by atoms with Crippen molar-refractivity contribution in [1.82, 2.24) is 0 Å². The predicted molar refractivity (Wildman–Crippen MR) is 131 cm³/mol. The Kier molecular flexibility index (Phi) is 6.60. The van der Waals surface area contributed by atoms with Crippen LogP contribution in [0.1, 0.15) is 22.3 Å². The van der Waals surface area contributed by atoms with Crippen LogP contribution in [0.5, 0.6) is 11.5 Å². The molecule has 186 valence electrons. The fraction of sp³-hybridized carbons (Fsp3) is 0.0400. The van der Waals surface area contributed by atoms with E-state index in [0.29, 0.717) is 0 Å². The van der Waals surface area contributed by atoms with Gasteiger partial charge >= 0.3 is 20.8 Å².